The van der Waals surface area contributed by atoms with E-state index in [1.54, 1.807) is 6.20 Å². The second-order valence-electron chi connectivity index (χ2n) is 7.58. The van der Waals surface area contributed by atoms with Crippen molar-refractivity contribution < 1.29 is 9.90 Å². The van der Waals surface area contributed by atoms with E-state index in [-0.39, 0.29) is 5.41 Å². The van der Waals surface area contributed by atoms with Gasteiger partial charge in [0.05, 0.1) is 5.69 Å². The van der Waals surface area contributed by atoms with Crippen LogP contribution in [-0.4, -0.2) is 39.8 Å². The van der Waals surface area contributed by atoms with E-state index in [0.29, 0.717) is 11.5 Å². The maximum Gasteiger partial charge on any atom is 0.405 e. The first kappa shape index (κ1) is 18.0. The van der Waals surface area contributed by atoms with Crippen LogP contribution in [0.15, 0.2) is 6.20 Å². The molecule has 2 heterocycles. The Hall–Kier alpha value is -2.36. The molecule has 7 heteroatoms. The monoisotopic (exact) mass is 331 g/mol. The van der Waals surface area contributed by atoms with Crippen molar-refractivity contribution in [2.75, 3.05) is 18.0 Å². The highest BCUT2D eigenvalue weighted by atomic mass is 16.4. The van der Waals surface area contributed by atoms with Crippen LogP contribution in [0.3, 0.4) is 0 Å². The van der Waals surface area contributed by atoms with Crippen LogP contribution >= 0.6 is 0 Å². The highest BCUT2D eigenvalue weighted by Gasteiger charge is 2.37. The Balaban J connectivity index is 2.07. The molecule has 1 aliphatic heterocycles. The van der Waals surface area contributed by atoms with Crippen molar-refractivity contribution in [3.8, 4) is 6.07 Å². The molecule has 1 saturated heterocycles. The summed E-state index contributed by atoms with van der Waals surface area (Å²) in [5, 5.41) is 20.8. The van der Waals surface area contributed by atoms with Gasteiger partial charge in [-0.1, -0.05) is 6.92 Å². The minimum absolute atomic E-state index is 0.0481. The summed E-state index contributed by atoms with van der Waals surface area (Å²) in [6.45, 7) is 9.46. The lowest BCUT2D eigenvalue weighted by Crippen LogP contribution is -2.49. The van der Waals surface area contributed by atoms with Gasteiger partial charge >= 0.3 is 6.09 Å². The predicted octanol–water partition coefficient (Wildman–Crippen LogP) is 2.70. The van der Waals surface area contributed by atoms with Crippen LogP contribution in [0.25, 0.3) is 0 Å². The third-order valence-electron chi connectivity index (χ3n) is 4.56. The highest BCUT2D eigenvalue weighted by molar-refractivity contribution is 5.65. The number of carboxylic acid groups (broad SMARTS) is 1. The summed E-state index contributed by atoms with van der Waals surface area (Å²) in [5.74, 6) is 0.655. The molecule has 1 amide bonds. The molecule has 0 atom stereocenters. The van der Waals surface area contributed by atoms with Crippen LogP contribution in [-0.2, 0) is 0 Å². The van der Waals surface area contributed by atoms with Gasteiger partial charge in [-0.15, -0.1) is 0 Å². The lowest BCUT2D eigenvalue weighted by Gasteiger charge is -2.43. The molecule has 0 spiro atoms. The molecule has 130 valence electrons. The van der Waals surface area contributed by atoms with E-state index in [1.807, 2.05) is 20.8 Å². The number of hydrogen-bond donors (Lipinski definition) is 2. The Morgan fingerprint density at radius 1 is 1.50 bits per heavy atom. The number of aryl methyl sites for hydroxylation is 1. The largest absolute Gasteiger partial charge is 0.465 e. The quantitative estimate of drug-likeness (QED) is 0.879. The summed E-state index contributed by atoms with van der Waals surface area (Å²) in [4.78, 5) is 21.7. The van der Waals surface area contributed by atoms with Crippen molar-refractivity contribution in [1.82, 2.24) is 15.3 Å². The first-order chi connectivity index (χ1) is 11.1. The fraction of sp³-hybridized carbons (Fsp3) is 0.647. The third-order valence-corrected chi connectivity index (χ3v) is 4.56. The number of anilines is 1. The Bertz CT molecular complexity index is 657. The van der Waals surface area contributed by atoms with Gasteiger partial charge in [-0.05, 0) is 45.4 Å². The summed E-state index contributed by atoms with van der Waals surface area (Å²) in [6, 6.07) is 2.11. The Kier molecular flexibility index (Phi) is 4.97. The fourth-order valence-electron chi connectivity index (χ4n) is 3.60. The molecular weight excluding hydrogens is 306 g/mol. The van der Waals surface area contributed by atoms with E-state index in [9.17, 15) is 10.1 Å². The number of hydrogen-bond acceptors (Lipinski definition) is 5. The van der Waals surface area contributed by atoms with Crippen LogP contribution < -0.4 is 10.2 Å². The number of nitrogens with one attached hydrogen (secondary N) is 1. The van der Waals surface area contributed by atoms with E-state index in [2.05, 4.69) is 33.2 Å². The maximum atomic E-state index is 10.9. The molecule has 2 rings (SSSR count). The summed E-state index contributed by atoms with van der Waals surface area (Å²) in [5.41, 5.74) is 0.733. The summed E-state index contributed by atoms with van der Waals surface area (Å²) in [6.07, 6.45) is 3.21. The number of piperidine rings is 1. The molecule has 1 fully saturated rings. The average Bonchev–Trinajstić information content (AvgIpc) is 2.45. The average molecular weight is 331 g/mol. The molecule has 0 aromatic carbocycles. The van der Waals surface area contributed by atoms with E-state index >= 15 is 0 Å². The van der Waals surface area contributed by atoms with Gasteiger partial charge in [0.1, 0.15) is 6.07 Å². The van der Waals surface area contributed by atoms with Crippen LogP contribution in [0.5, 0.6) is 0 Å². The maximum absolute atomic E-state index is 10.9. The number of nitrogens with zero attached hydrogens (tertiary/aromatic N) is 4. The number of nitriles is 1. The topological polar surface area (TPSA) is 102 Å². The first-order valence-corrected chi connectivity index (χ1v) is 8.14. The van der Waals surface area contributed by atoms with Gasteiger partial charge in [-0.25, -0.2) is 14.8 Å². The van der Waals surface area contributed by atoms with Crippen molar-refractivity contribution in [2.24, 2.45) is 5.41 Å². The van der Waals surface area contributed by atoms with Crippen LogP contribution in [0.2, 0.25) is 0 Å². The Morgan fingerprint density at radius 2 is 2.12 bits per heavy atom. The number of amides is 1. The summed E-state index contributed by atoms with van der Waals surface area (Å²) >= 11 is 0. The van der Waals surface area contributed by atoms with E-state index in [4.69, 9.17) is 5.11 Å². The van der Waals surface area contributed by atoms with Crippen molar-refractivity contribution in [3.63, 3.8) is 0 Å². The fourth-order valence-corrected chi connectivity index (χ4v) is 3.60. The van der Waals surface area contributed by atoms with Gasteiger partial charge in [0.15, 0.2) is 11.5 Å². The van der Waals surface area contributed by atoms with Crippen molar-refractivity contribution in [1.29, 1.82) is 5.26 Å². The van der Waals surface area contributed by atoms with Crippen LogP contribution in [0.4, 0.5) is 10.6 Å². The second kappa shape index (κ2) is 6.63. The predicted molar refractivity (Wildman–Crippen MR) is 90.9 cm³/mol. The molecule has 7 nitrogen and oxygen atoms in total. The molecule has 0 bridgehead atoms. The number of carbonyl (C=O) groups is 1. The molecular formula is C17H25N5O2. The normalized spacial score (nSPS) is 17.2. The van der Waals surface area contributed by atoms with Gasteiger partial charge in [-0.3, -0.25) is 0 Å². The Morgan fingerprint density at radius 3 is 2.67 bits per heavy atom. The van der Waals surface area contributed by atoms with Crippen molar-refractivity contribution in [2.45, 2.75) is 52.5 Å². The molecule has 0 saturated carbocycles. The van der Waals surface area contributed by atoms with E-state index in [0.717, 1.165) is 38.0 Å². The minimum atomic E-state index is -0.991. The molecule has 0 radical (unpaired) electrons. The lowest BCUT2D eigenvalue weighted by atomic mass is 9.72. The van der Waals surface area contributed by atoms with E-state index < -0.39 is 11.6 Å². The minimum Gasteiger partial charge on any atom is -0.465 e. The molecule has 1 aromatic rings. The van der Waals surface area contributed by atoms with Crippen LogP contribution in [0, 0.1) is 23.7 Å². The summed E-state index contributed by atoms with van der Waals surface area (Å²) < 4.78 is 0. The number of rotatable bonds is 4. The zero-order valence-corrected chi connectivity index (χ0v) is 14.8. The SMILES string of the molecule is Cc1cnc(C#N)c(N2CCC(C)(CC(C)(C)NC(=O)O)CC2)n1. The molecule has 24 heavy (non-hydrogen) atoms. The van der Waals surface area contributed by atoms with Gasteiger partial charge in [0, 0.05) is 24.8 Å². The Labute approximate surface area is 142 Å². The standard InChI is InChI=1S/C17H25N5O2/c1-12-10-19-13(9-18)14(20-12)22-7-5-17(4,6-8-22)11-16(2,3)21-15(23)24/h10,21H,5-8,11H2,1-4H3,(H,23,24). The molecule has 1 aromatic heterocycles. The second-order valence-corrected chi connectivity index (χ2v) is 7.58. The third kappa shape index (κ3) is 4.34. The molecule has 1 aliphatic rings. The molecule has 0 unspecified atom stereocenters. The van der Waals surface area contributed by atoms with Gasteiger partial charge in [0.2, 0.25) is 0 Å². The molecule has 2 N–H and O–H groups in total. The van der Waals surface area contributed by atoms with Gasteiger partial charge < -0.3 is 15.3 Å². The van der Waals surface area contributed by atoms with Gasteiger partial charge in [-0.2, -0.15) is 5.26 Å². The lowest BCUT2D eigenvalue weighted by molar-refractivity contribution is 0.145. The first-order valence-electron chi connectivity index (χ1n) is 8.14. The van der Waals surface area contributed by atoms with Crippen molar-refractivity contribution >= 4 is 11.9 Å². The number of aromatic nitrogens is 2. The van der Waals surface area contributed by atoms with Crippen LogP contribution in [0.1, 0.15) is 51.4 Å². The van der Waals surface area contributed by atoms with Gasteiger partial charge in [0.25, 0.3) is 0 Å². The van der Waals surface area contributed by atoms with E-state index in [1.165, 1.54) is 0 Å². The molecule has 0 aliphatic carbocycles. The van der Waals surface area contributed by atoms with Crippen molar-refractivity contribution in [3.05, 3.63) is 17.6 Å². The smallest absolute Gasteiger partial charge is 0.405 e. The summed E-state index contributed by atoms with van der Waals surface area (Å²) in [7, 11) is 0. The highest BCUT2D eigenvalue weighted by Crippen LogP contribution is 2.39. The zero-order valence-electron chi connectivity index (χ0n) is 14.8. The zero-order chi connectivity index (χ0) is 18.0.